The molecule has 0 radical (unpaired) electrons. The van der Waals surface area contributed by atoms with Gasteiger partial charge in [0.1, 0.15) is 0 Å². The van der Waals surface area contributed by atoms with Crippen molar-refractivity contribution >= 4 is 6.09 Å². The number of carboxylic acid groups (broad SMARTS) is 1. The molecule has 1 fully saturated rings. The molecule has 0 unspecified atom stereocenters. The van der Waals surface area contributed by atoms with Crippen molar-refractivity contribution in [2.75, 3.05) is 33.3 Å². The molecule has 0 aromatic carbocycles. The predicted molar refractivity (Wildman–Crippen MR) is 43.1 cm³/mol. The molecule has 1 aliphatic heterocycles. The third kappa shape index (κ3) is 1.86. The highest BCUT2D eigenvalue weighted by Crippen LogP contribution is 2.06. The van der Waals surface area contributed by atoms with Gasteiger partial charge in [-0.2, -0.15) is 0 Å². The number of piperazine rings is 1. The van der Waals surface area contributed by atoms with Crippen LogP contribution in [0.2, 0.25) is 0 Å². The first-order valence-corrected chi connectivity index (χ1v) is 3.94. The summed E-state index contributed by atoms with van der Waals surface area (Å²) in [7, 11) is 1.89. The number of nitrogens with zero attached hydrogens (tertiary/aromatic N) is 2. The van der Waals surface area contributed by atoms with Crippen LogP contribution < -0.4 is 0 Å². The van der Waals surface area contributed by atoms with Crippen molar-refractivity contribution in [3.63, 3.8) is 0 Å². The van der Waals surface area contributed by atoms with E-state index in [9.17, 15) is 4.79 Å². The van der Waals surface area contributed by atoms with Crippen molar-refractivity contribution < 1.29 is 15.0 Å². The van der Waals surface area contributed by atoms with Gasteiger partial charge in [-0.25, -0.2) is 4.79 Å². The second-order valence-corrected chi connectivity index (χ2v) is 3.05. The first-order chi connectivity index (χ1) is 5.65. The van der Waals surface area contributed by atoms with E-state index in [1.54, 1.807) is 0 Å². The minimum atomic E-state index is -0.901. The van der Waals surface area contributed by atoms with Gasteiger partial charge in [0.2, 0.25) is 0 Å². The molecule has 0 saturated carbocycles. The van der Waals surface area contributed by atoms with E-state index in [0.717, 1.165) is 0 Å². The Bertz CT molecular complexity index is 174. The highest BCUT2D eigenvalue weighted by molar-refractivity contribution is 5.65. The van der Waals surface area contributed by atoms with Gasteiger partial charge in [-0.15, -0.1) is 0 Å². The van der Waals surface area contributed by atoms with Crippen molar-refractivity contribution in [2.45, 2.75) is 6.04 Å². The van der Waals surface area contributed by atoms with E-state index in [0.29, 0.717) is 19.6 Å². The van der Waals surface area contributed by atoms with Gasteiger partial charge in [0.25, 0.3) is 0 Å². The molecule has 0 aliphatic carbocycles. The topological polar surface area (TPSA) is 64.0 Å². The molecule has 2 N–H and O–H groups in total. The van der Waals surface area contributed by atoms with Crippen molar-refractivity contribution in [3.8, 4) is 0 Å². The van der Waals surface area contributed by atoms with E-state index in [4.69, 9.17) is 10.2 Å². The predicted octanol–water partition coefficient (Wildman–Crippen LogP) is -0.727. The summed E-state index contributed by atoms with van der Waals surface area (Å²) in [6.07, 6.45) is -0.901. The lowest BCUT2D eigenvalue weighted by atomic mass is 10.2. The molecule has 12 heavy (non-hydrogen) atoms. The molecule has 5 heteroatoms. The average Bonchev–Trinajstić information content (AvgIpc) is 2.05. The van der Waals surface area contributed by atoms with Gasteiger partial charge >= 0.3 is 6.09 Å². The molecular formula is C7H14N2O3. The molecule has 1 heterocycles. The monoisotopic (exact) mass is 174 g/mol. The van der Waals surface area contributed by atoms with Crippen molar-refractivity contribution in [2.24, 2.45) is 0 Å². The molecule has 0 spiro atoms. The maximum absolute atomic E-state index is 10.5. The molecule has 1 saturated heterocycles. The van der Waals surface area contributed by atoms with Gasteiger partial charge < -0.3 is 15.1 Å². The molecule has 5 nitrogen and oxygen atoms in total. The van der Waals surface area contributed by atoms with Crippen molar-refractivity contribution in [1.29, 1.82) is 0 Å². The number of hydrogen-bond donors (Lipinski definition) is 2. The molecule has 1 aliphatic rings. The maximum Gasteiger partial charge on any atom is 0.407 e. The Balaban J connectivity index is 2.49. The number of likely N-dealkylation sites (N-methyl/N-ethyl adjacent to an activating group) is 1. The number of aliphatic hydroxyl groups is 1. The van der Waals surface area contributed by atoms with Crippen LogP contribution in [0.1, 0.15) is 0 Å². The summed E-state index contributed by atoms with van der Waals surface area (Å²) < 4.78 is 0. The van der Waals surface area contributed by atoms with Crippen LogP contribution in [0, 0.1) is 0 Å². The van der Waals surface area contributed by atoms with E-state index < -0.39 is 6.09 Å². The average molecular weight is 174 g/mol. The summed E-state index contributed by atoms with van der Waals surface area (Å²) in [6.45, 7) is 1.64. The Morgan fingerprint density at radius 3 is 2.75 bits per heavy atom. The van der Waals surface area contributed by atoms with Crippen LogP contribution in [0.25, 0.3) is 0 Å². The molecule has 0 aromatic rings. The number of aliphatic hydroxyl groups excluding tert-OH is 1. The van der Waals surface area contributed by atoms with Crippen LogP contribution >= 0.6 is 0 Å². The Morgan fingerprint density at radius 1 is 1.58 bits per heavy atom. The molecular weight excluding hydrogens is 160 g/mol. The van der Waals surface area contributed by atoms with Gasteiger partial charge in [-0.3, -0.25) is 4.90 Å². The summed E-state index contributed by atoms with van der Waals surface area (Å²) in [5.41, 5.74) is 0. The molecule has 1 amide bonds. The largest absolute Gasteiger partial charge is 0.465 e. The number of rotatable bonds is 1. The van der Waals surface area contributed by atoms with Crippen LogP contribution in [0.4, 0.5) is 4.79 Å². The van der Waals surface area contributed by atoms with Gasteiger partial charge in [0.15, 0.2) is 0 Å². The van der Waals surface area contributed by atoms with Crippen LogP contribution in [-0.2, 0) is 0 Å². The van der Waals surface area contributed by atoms with Crippen LogP contribution in [-0.4, -0.2) is 65.4 Å². The summed E-state index contributed by atoms with van der Waals surface area (Å²) in [5, 5.41) is 17.6. The van der Waals surface area contributed by atoms with E-state index in [1.165, 1.54) is 4.90 Å². The Labute approximate surface area is 71.2 Å². The number of amides is 1. The summed E-state index contributed by atoms with van der Waals surface area (Å²) in [4.78, 5) is 13.9. The standard InChI is InChI=1S/C7H14N2O3/c1-8-2-3-9(7(11)12)4-6(8)5-10/h6,10H,2-5H2,1H3,(H,11,12)/t6-/m1/s1. The zero-order valence-electron chi connectivity index (χ0n) is 7.10. The maximum atomic E-state index is 10.5. The van der Waals surface area contributed by atoms with Crippen LogP contribution in [0.15, 0.2) is 0 Å². The summed E-state index contributed by atoms with van der Waals surface area (Å²) >= 11 is 0. The molecule has 1 rings (SSSR count). The SMILES string of the molecule is CN1CCN(C(=O)O)C[C@@H]1CO. The zero-order chi connectivity index (χ0) is 9.14. The number of hydrogen-bond acceptors (Lipinski definition) is 3. The summed E-state index contributed by atoms with van der Waals surface area (Å²) in [5.74, 6) is 0. The molecule has 0 aromatic heterocycles. The minimum Gasteiger partial charge on any atom is -0.465 e. The highest BCUT2D eigenvalue weighted by atomic mass is 16.4. The second-order valence-electron chi connectivity index (χ2n) is 3.05. The zero-order valence-corrected chi connectivity index (χ0v) is 7.10. The van der Waals surface area contributed by atoms with E-state index >= 15 is 0 Å². The van der Waals surface area contributed by atoms with Crippen LogP contribution in [0.5, 0.6) is 0 Å². The Hall–Kier alpha value is -0.810. The quantitative estimate of drug-likeness (QED) is 0.550. The Kier molecular flexibility index (Phi) is 2.88. The molecule has 1 atom stereocenters. The third-order valence-electron chi connectivity index (χ3n) is 2.26. The van der Waals surface area contributed by atoms with Gasteiger partial charge in [-0.1, -0.05) is 0 Å². The fourth-order valence-electron chi connectivity index (χ4n) is 1.32. The lowest BCUT2D eigenvalue weighted by molar-refractivity contribution is 0.0562. The second kappa shape index (κ2) is 3.73. The fourth-order valence-corrected chi connectivity index (χ4v) is 1.32. The molecule has 0 bridgehead atoms. The van der Waals surface area contributed by atoms with Crippen molar-refractivity contribution in [1.82, 2.24) is 9.80 Å². The Morgan fingerprint density at radius 2 is 2.25 bits per heavy atom. The normalized spacial score (nSPS) is 25.8. The fraction of sp³-hybridized carbons (Fsp3) is 0.857. The molecule has 70 valence electrons. The lowest BCUT2D eigenvalue weighted by Gasteiger charge is -2.36. The van der Waals surface area contributed by atoms with E-state index in [2.05, 4.69) is 0 Å². The van der Waals surface area contributed by atoms with Gasteiger partial charge in [-0.05, 0) is 7.05 Å². The number of carbonyl (C=O) groups is 1. The van der Waals surface area contributed by atoms with E-state index in [-0.39, 0.29) is 12.6 Å². The third-order valence-corrected chi connectivity index (χ3v) is 2.26. The van der Waals surface area contributed by atoms with Gasteiger partial charge in [0.05, 0.1) is 12.6 Å². The summed E-state index contributed by atoms with van der Waals surface area (Å²) in [6, 6.07) is -0.0464. The smallest absolute Gasteiger partial charge is 0.407 e. The van der Waals surface area contributed by atoms with Crippen LogP contribution in [0.3, 0.4) is 0 Å². The first-order valence-electron chi connectivity index (χ1n) is 3.94. The van der Waals surface area contributed by atoms with E-state index in [1.807, 2.05) is 11.9 Å². The first kappa shape index (κ1) is 9.28. The highest BCUT2D eigenvalue weighted by Gasteiger charge is 2.25. The minimum absolute atomic E-state index is 0.0142. The lowest BCUT2D eigenvalue weighted by Crippen LogP contribution is -2.54. The van der Waals surface area contributed by atoms with Gasteiger partial charge in [0, 0.05) is 19.6 Å². The van der Waals surface area contributed by atoms with Crippen molar-refractivity contribution in [3.05, 3.63) is 0 Å².